The van der Waals surface area contributed by atoms with Crippen LogP contribution in [0.3, 0.4) is 0 Å². The van der Waals surface area contributed by atoms with Crippen molar-refractivity contribution in [1.82, 2.24) is 15.3 Å². The molecule has 32 heavy (non-hydrogen) atoms. The first kappa shape index (κ1) is 23.3. The van der Waals surface area contributed by atoms with Crippen molar-refractivity contribution in [3.05, 3.63) is 53.1 Å². The maximum atomic E-state index is 14.5. The van der Waals surface area contributed by atoms with E-state index in [4.69, 9.17) is 4.74 Å². The first-order chi connectivity index (χ1) is 15.0. The van der Waals surface area contributed by atoms with E-state index in [0.29, 0.717) is 6.07 Å². The van der Waals surface area contributed by atoms with Crippen molar-refractivity contribution < 1.29 is 32.2 Å². The Hall–Kier alpha value is -3.37. The van der Waals surface area contributed by atoms with E-state index in [1.165, 1.54) is 19.5 Å². The molecule has 172 valence electrons. The highest BCUT2D eigenvalue weighted by Crippen LogP contribution is 2.32. The second-order valence-electron chi connectivity index (χ2n) is 8.32. The van der Waals surface area contributed by atoms with Gasteiger partial charge in [0.15, 0.2) is 11.6 Å². The number of nitrogens with zero attached hydrogens (tertiary/aromatic N) is 3. The Morgan fingerprint density at radius 1 is 1.06 bits per heavy atom. The average Bonchev–Trinajstić information content (AvgIpc) is 3.12. The molecule has 11 heteroatoms. The smallest absolute Gasteiger partial charge is 0.407 e. The quantitative estimate of drug-likeness (QED) is 0.563. The highest BCUT2D eigenvalue weighted by atomic mass is 19.2. The van der Waals surface area contributed by atoms with Crippen LogP contribution in [0, 0.1) is 17.5 Å². The van der Waals surface area contributed by atoms with Gasteiger partial charge < -0.3 is 19.7 Å². The molecule has 8 nitrogen and oxygen atoms in total. The fraction of sp³-hybridized carbons (Fsp3) is 0.429. The molecule has 1 amide bonds. The van der Waals surface area contributed by atoms with E-state index in [2.05, 4.69) is 20.0 Å². The third-order valence-corrected chi connectivity index (χ3v) is 4.80. The van der Waals surface area contributed by atoms with Crippen LogP contribution >= 0.6 is 0 Å². The standard InChI is InChI=1S/C21H23F3N4O4/c1-21(2,3)32-20(30)27-17-10-28(19-25-7-11(8-26-19)18(29)31-4)9-13(17)12-5-15(23)16(24)6-14(12)22/h5-8,13,17H,9-10H2,1-4H3,(H,27,30)/t13-,17+/m1/s1. The number of anilines is 1. The molecule has 2 atom stereocenters. The fourth-order valence-corrected chi connectivity index (χ4v) is 3.42. The van der Waals surface area contributed by atoms with E-state index >= 15 is 0 Å². The zero-order chi connectivity index (χ0) is 23.6. The molecule has 0 unspecified atom stereocenters. The number of ether oxygens (including phenoxy) is 2. The molecule has 1 fully saturated rings. The summed E-state index contributed by atoms with van der Waals surface area (Å²) in [5.74, 6) is -4.59. The molecule has 0 aliphatic carbocycles. The van der Waals surface area contributed by atoms with Crippen LogP contribution in [0.5, 0.6) is 0 Å². The largest absolute Gasteiger partial charge is 0.465 e. The van der Waals surface area contributed by atoms with Gasteiger partial charge in [0, 0.05) is 37.5 Å². The number of nitrogens with one attached hydrogen (secondary N) is 1. The van der Waals surface area contributed by atoms with Gasteiger partial charge in [-0.25, -0.2) is 32.7 Å². The number of carbonyl (C=O) groups is 2. The van der Waals surface area contributed by atoms with Crippen molar-refractivity contribution >= 4 is 18.0 Å². The van der Waals surface area contributed by atoms with Crippen LogP contribution in [0.25, 0.3) is 0 Å². The maximum absolute atomic E-state index is 14.5. The molecule has 0 bridgehead atoms. The topological polar surface area (TPSA) is 93.7 Å². The van der Waals surface area contributed by atoms with Gasteiger partial charge in [-0.2, -0.15) is 0 Å². The molecular formula is C21H23F3N4O4. The number of hydrogen-bond acceptors (Lipinski definition) is 7. The number of halogens is 3. The predicted octanol–water partition coefficient (Wildman–Crippen LogP) is 3.18. The van der Waals surface area contributed by atoms with E-state index in [9.17, 15) is 22.8 Å². The molecule has 2 heterocycles. The van der Waals surface area contributed by atoms with Crippen molar-refractivity contribution in [2.24, 2.45) is 0 Å². The fourth-order valence-electron chi connectivity index (χ4n) is 3.42. The zero-order valence-corrected chi connectivity index (χ0v) is 18.0. The molecular weight excluding hydrogens is 429 g/mol. The van der Waals surface area contributed by atoms with Crippen molar-refractivity contribution in [2.45, 2.75) is 38.3 Å². The first-order valence-corrected chi connectivity index (χ1v) is 9.77. The Balaban J connectivity index is 1.89. The number of aromatic nitrogens is 2. The van der Waals surface area contributed by atoms with Crippen LogP contribution < -0.4 is 10.2 Å². The zero-order valence-electron chi connectivity index (χ0n) is 18.0. The molecule has 2 aromatic rings. The summed E-state index contributed by atoms with van der Waals surface area (Å²) >= 11 is 0. The minimum atomic E-state index is -1.31. The van der Waals surface area contributed by atoms with Crippen molar-refractivity contribution in [3.8, 4) is 0 Å². The molecule has 1 aliphatic heterocycles. The molecule has 0 saturated carbocycles. The third kappa shape index (κ3) is 5.27. The van der Waals surface area contributed by atoms with Gasteiger partial charge >= 0.3 is 12.1 Å². The summed E-state index contributed by atoms with van der Waals surface area (Å²) in [6.45, 7) is 5.31. The lowest BCUT2D eigenvalue weighted by Crippen LogP contribution is -2.43. The van der Waals surface area contributed by atoms with E-state index < -0.39 is 47.1 Å². The van der Waals surface area contributed by atoms with Crippen molar-refractivity contribution in [2.75, 3.05) is 25.1 Å². The van der Waals surface area contributed by atoms with Crippen LogP contribution in [0.1, 0.15) is 42.6 Å². The Bertz CT molecular complexity index is 1010. The Morgan fingerprint density at radius 3 is 2.28 bits per heavy atom. The van der Waals surface area contributed by atoms with Crippen molar-refractivity contribution in [1.29, 1.82) is 0 Å². The van der Waals surface area contributed by atoms with Gasteiger partial charge in [-0.05, 0) is 32.4 Å². The van der Waals surface area contributed by atoms with Crippen LogP contribution in [0.4, 0.5) is 23.9 Å². The van der Waals surface area contributed by atoms with Crippen LogP contribution in [-0.4, -0.2) is 53.9 Å². The van der Waals surface area contributed by atoms with E-state index in [1.807, 2.05) is 0 Å². The average molecular weight is 452 g/mol. The molecule has 1 aromatic carbocycles. The van der Waals surface area contributed by atoms with Gasteiger partial charge in [-0.15, -0.1) is 0 Å². The molecule has 3 rings (SSSR count). The van der Waals surface area contributed by atoms with Gasteiger partial charge in [-0.1, -0.05) is 0 Å². The summed E-state index contributed by atoms with van der Waals surface area (Å²) in [4.78, 5) is 33.8. The van der Waals surface area contributed by atoms with E-state index in [0.717, 1.165) is 6.07 Å². The minimum absolute atomic E-state index is 0.0972. The summed E-state index contributed by atoms with van der Waals surface area (Å²) in [5, 5.41) is 2.67. The molecule has 1 saturated heterocycles. The highest BCUT2D eigenvalue weighted by Gasteiger charge is 2.38. The van der Waals surface area contributed by atoms with Gasteiger partial charge in [0.05, 0.1) is 18.7 Å². The normalized spacial score (nSPS) is 18.4. The van der Waals surface area contributed by atoms with Gasteiger partial charge in [0.1, 0.15) is 11.4 Å². The first-order valence-electron chi connectivity index (χ1n) is 9.77. The number of carbonyl (C=O) groups excluding carboxylic acids is 2. The number of benzene rings is 1. The van der Waals surface area contributed by atoms with Gasteiger partial charge in [-0.3, -0.25) is 0 Å². The number of methoxy groups -OCH3 is 1. The summed E-state index contributed by atoms with van der Waals surface area (Å²) in [6, 6.07) is 0.539. The van der Waals surface area contributed by atoms with Gasteiger partial charge in [0.25, 0.3) is 0 Å². The van der Waals surface area contributed by atoms with Crippen molar-refractivity contribution in [3.63, 3.8) is 0 Å². The number of alkyl carbamates (subject to hydrolysis) is 1. The second kappa shape index (κ2) is 9.01. The summed E-state index contributed by atoms with van der Waals surface area (Å²) in [6.07, 6.45) is 1.81. The lowest BCUT2D eigenvalue weighted by molar-refractivity contribution is 0.0503. The second-order valence-corrected chi connectivity index (χ2v) is 8.32. The lowest BCUT2D eigenvalue weighted by atomic mass is 9.93. The summed E-state index contributed by atoms with van der Waals surface area (Å²) in [5.41, 5.74) is -0.724. The Labute approximate surface area is 182 Å². The SMILES string of the molecule is COC(=O)c1cnc(N2C[C@H](NC(=O)OC(C)(C)C)[C@@H](c3cc(F)c(F)cc3F)C2)nc1. The summed E-state index contributed by atoms with van der Waals surface area (Å²) < 4.78 is 51.7. The number of rotatable bonds is 4. The van der Waals surface area contributed by atoms with Crippen LogP contribution in [0.15, 0.2) is 24.5 Å². The number of esters is 1. The Morgan fingerprint density at radius 2 is 1.69 bits per heavy atom. The van der Waals surface area contributed by atoms with Crippen LogP contribution in [-0.2, 0) is 9.47 Å². The Kier molecular flexibility index (Phi) is 6.56. The monoisotopic (exact) mass is 452 g/mol. The van der Waals surface area contributed by atoms with E-state index in [-0.39, 0.29) is 30.2 Å². The highest BCUT2D eigenvalue weighted by molar-refractivity contribution is 5.88. The van der Waals surface area contributed by atoms with Crippen LogP contribution in [0.2, 0.25) is 0 Å². The minimum Gasteiger partial charge on any atom is -0.465 e. The number of hydrogen-bond donors (Lipinski definition) is 1. The molecule has 0 spiro atoms. The van der Waals surface area contributed by atoms with E-state index in [1.54, 1.807) is 25.7 Å². The molecule has 1 N–H and O–H groups in total. The predicted molar refractivity (Wildman–Crippen MR) is 108 cm³/mol. The molecule has 0 radical (unpaired) electrons. The lowest BCUT2D eigenvalue weighted by Gasteiger charge is -2.24. The maximum Gasteiger partial charge on any atom is 0.407 e. The third-order valence-electron chi connectivity index (χ3n) is 4.80. The molecule has 1 aliphatic rings. The number of amides is 1. The van der Waals surface area contributed by atoms with Gasteiger partial charge in [0.2, 0.25) is 5.95 Å². The molecule has 1 aromatic heterocycles. The summed E-state index contributed by atoms with van der Waals surface area (Å²) in [7, 11) is 1.23.